The molecule has 0 unspecified atom stereocenters. The molecule has 0 spiro atoms. The minimum Gasteiger partial charge on any atom is -0.545 e. The summed E-state index contributed by atoms with van der Waals surface area (Å²) in [7, 11) is 0. The zero-order valence-corrected chi connectivity index (χ0v) is 10.9. The molecule has 1 N–H and O–H groups in total. The van der Waals surface area contributed by atoms with Crippen molar-refractivity contribution in [2.24, 2.45) is 0 Å². The highest BCUT2D eigenvalue weighted by molar-refractivity contribution is 5.86. The molecule has 0 bridgehead atoms. The fraction of sp³-hybridized carbons (Fsp3) is 0.0769. The van der Waals surface area contributed by atoms with Crippen LogP contribution in [0.15, 0.2) is 35.0 Å². The van der Waals surface area contributed by atoms with Crippen molar-refractivity contribution in [1.29, 1.82) is 0 Å². The van der Waals surface area contributed by atoms with Gasteiger partial charge >= 0.3 is 5.69 Å². The summed E-state index contributed by atoms with van der Waals surface area (Å²) in [6.45, 7) is 1.48. The van der Waals surface area contributed by atoms with E-state index in [4.69, 9.17) is 4.52 Å². The maximum atomic E-state index is 10.8. The third-order valence-electron chi connectivity index (χ3n) is 2.64. The molecule has 2 rings (SSSR count). The number of aromatic nitrogens is 1. The second kappa shape index (κ2) is 5.87. The average Bonchev–Trinajstić information content (AvgIpc) is 2.80. The standard InChI is InChI=1S/C13H11N3O5/c1-8-12(16(19)20)11(21-15-8)6-7-14-10-4-2-9(3-5-10)13(17)18/h2-7,14H,1H3,(H,17,18)/p-1/b7-6+. The predicted molar refractivity (Wildman–Crippen MR) is 71.3 cm³/mol. The number of carbonyl (C=O) groups is 1. The van der Waals surface area contributed by atoms with Gasteiger partial charge in [-0.15, -0.1) is 0 Å². The molecule has 21 heavy (non-hydrogen) atoms. The van der Waals surface area contributed by atoms with Gasteiger partial charge in [-0.3, -0.25) is 10.1 Å². The number of carboxylic acids is 1. The fourth-order valence-electron chi connectivity index (χ4n) is 1.63. The summed E-state index contributed by atoms with van der Waals surface area (Å²) in [6, 6.07) is 5.84. The molecule has 0 saturated heterocycles. The van der Waals surface area contributed by atoms with Crippen LogP contribution in [0.1, 0.15) is 21.8 Å². The van der Waals surface area contributed by atoms with Crippen LogP contribution in [0.25, 0.3) is 6.08 Å². The van der Waals surface area contributed by atoms with E-state index in [1.165, 1.54) is 43.5 Å². The molecule has 0 atom stereocenters. The maximum Gasteiger partial charge on any atom is 0.338 e. The number of hydrogen-bond donors (Lipinski definition) is 1. The van der Waals surface area contributed by atoms with Crippen molar-refractivity contribution in [2.45, 2.75) is 6.92 Å². The van der Waals surface area contributed by atoms with E-state index in [1.54, 1.807) is 0 Å². The number of aryl methyl sites for hydroxylation is 1. The molecule has 0 fully saturated rings. The Labute approximate surface area is 118 Å². The van der Waals surface area contributed by atoms with E-state index in [2.05, 4.69) is 10.5 Å². The van der Waals surface area contributed by atoms with E-state index in [0.29, 0.717) is 5.69 Å². The van der Waals surface area contributed by atoms with Gasteiger partial charge in [0.25, 0.3) is 0 Å². The Morgan fingerprint density at radius 1 is 1.38 bits per heavy atom. The van der Waals surface area contributed by atoms with Crippen molar-refractivity contribution in [1.82, 2.24) is 5.16 Å². The molecule has 8 nitrogen and oxygen atoms in total. The number of rotatable bonds is 5. The van der Waals surface area contributed by atoms with Gasteiger partial charge in [0, 0.05) is 18.0 Å². The van der Waals surface area contributed by atoms with Gasteiger partial charge in [-0.05, 0) is 24.6 Å². The van der Waals surface area contributed by atoms with Crippen molar-refractivity contribution in [3.05, 3.63) is 57.6 Å². The lowest BCUT2D eigenvalue weighted by Crippen LogP contribution is -2.21. The molecule has 0 aliphatic heterocycles. The third-order valence-corrected chi connectivity index (χ3v) is 2.64. The van der Waals surface area contributed by atoms with Gasteiger partial charge in [-0.2, -0.15) is 0 Å². The Morgan fingerprint density at radius 3 is 2.62 bits per heavy atom. The molecule has 0 aliphatic rings. The summed E-state index contributed by atoms with van der Waals surface area (Å²) in [6.07, 6.45) is 2.80. The van der Waals surface area contributed by atoms with Crippen molar-refractivity contribution in [3.8, 4) is 0 Å². The van der Waals surface area contributed by atoms with Crippen LogP contribution in [0.5, 0.6) is 0 Å². The first-order chi connectivity index (χ1) is 9.99. The molecule has 1 aromatic heterocycles. The van der Waals surface area contributed by atoms with E-state index in [9.17, 15) is 20.0 Å². The number of carboxylic acid groups (broad SMARTS) is 1. The van der Waals surface area contributed by atoms with Crippen molar-refractivity contribution < 1.29 is 19.3 Å². The smallest absolute Gasteiger partial charge is 0.338 e. The SMILES string of the molecule is Cc1noc(/C=C/Nc2ccc(C(=O)[O-])cc2)c1[N+](=O)[O-]. The van der Waals surface area contributed by atoms with Gasteiger partial charge < -0.3 is 19.7 Å². The number of benzene rings is 1. The molecule has 0 saturated carbocycles. The monoisotopic (exact) mass is 288 g/mol. The highest BCUT2D eigenvalue weighted by Gasteiger charge is 2.21. The molecular weight excluding hydrogens is 278 g/mol. The number of hydrogen-bond acceptors (Lipinski definition) is 7. The van der Waals surface area contributed by atoms with Gasteiger partial charge in [0.05, 0.1) is 10.9 Å². The number of nitrogens with zero attached hydrogens (tertiary/aromatic N) is 2. The first-order valence-corrected chi connectivity index (χ1v) is 5.84. The lowest BCUT2D eigenvalue weighted by molar-refractivity contribution is -0.386. The highest BCUT2D eigenvalue weighted by atomic mass is 16.6. The van der Waals surface area contributed by atoms with E-state index < -0.39 is 10.9 Å². The van der Waals surface area contributed by atoms with E-state index >= 15 is 0 Å². The summed E-state index contributed by atoms with van der Waals surface area (Å²) in [5.74, 6) is -1.23. The number of carbonyl (C=O) groups excluding carboxylic acids is 1. The van der Waals surface area contributed by atoms with Crippen LogP contribution in [-0.4, -0.2) is 16.0 Å². The van der Waals surface area contributed by atoms with Crippen LogP contribution in [-0.2, 0) is 0 Å². The molecule has 8 heteroatoms. The summed E-state index contributed by atoms with van der Waals surface area (Å²) in [4.78, 5) is 20.8. The van der Waals surface area contributed by atoms with Crippen LogP contribution in [0, 0.1) is 17.0 Å². The fourth-order valence-corrected chi connectivity index (χ4v) is 1.63. The lowest BCUT2D eigenvalue weighted by Gasteiger charge is -2.04. The number of nitro groups is 1. The minimum absolute atomic E-state index is 0.0244. The Hall–Kier alpha value is -3.16. The highest BCUT2D eigenvalue weighted by Crippen LogP contribution is 2.23. The largest absolute Gasteiger partial charge is 0.545 e. The maximum absolute atomic E-state index is 10.8. The van der Waals surface area contributed by atoms with E-state index in [0.717, 1.165) is 0 Å². The molecule has 108 valence electrons. The van der Waals surface area contributed by atoms with Crippen LogP contribution in [0.2, 0.25) is 0 Å². The van der Waals surface area contributed by atoms with E-state index in [-0.39, 0.29) is 22.7 Å². The second-order valence-electron chi connectivity index (χ2n) is 4.08. The predicted octanol–water partition coefficient (Wildman–Crippen LogP) is 1.34. The molecule has 1 aromatic carbocycles. The van der Waals surface area contributed by atoms with Gasteiger partial charge in [0.15, 0.2) is 5.69 Å². The summed E-state index contributed by atoms with van der Waals surface area (Å²) < 4.78 is 4.84. The van der Waals surface area contributed by atoms with Crippen LogP contribution in [0.4, 0.5) is 11.4 Å². The zero-order valence-electron chi connectivity index (χ0n) is 10.9. The minimum atomic E-state index is -1.26. The summed E-state index contributed by atoms with van der Waals surface area (Å²) >= 11 is 0. The lowest BCUT2D eigenvalue weighted by atomic mass is 10.2. The van der Waals surface area contributed by atoms with Gasteiger partial charge in [0.1, 0.15) is 0 Å². The molecule has 0 aliphatic carbocycles. The van der Waals surface area contributed by atoms with E-state index in [1.807, 2.05) is 0 Å². The number of anilines is 1. The van der Waals surface area contributed by atoms with Gasteiger partial charge in [0.2, 0.25) is 5.76 Å². The molecular formula is C13H10N3O5-. The molecule has 0 amide bonds. The Kier molecular flexibility index (Phi) is 3.98. The Morgan fingerprint density at radius 2 is 2.05 bits per heavy atom. The summed E-state index contributed by atoms with van der Waals surface area (Å²) in [5, 5.41) is 27.8. The Bertz CT molecular complexity index is 703. The quantitative estimate of drug-likeness (QED) is 0.650. The van der Waals surface area contributed by atoms with Gasteiger partial charge in [-0.1, -0.05) is 17.3 Å². The number of aromatic carboxylic acids is 1. The summed E-state index contributed by atoms with van der Waals surface area (Å²) in [5.41, 5.74) is 0.666. The zero-order chi connectivity index (χ0) is 15.4. The topological polar surface area (TPSA) is 121 Å². The second-order valence-corrected chi connectivity index (χ2v) is 4.08. The average molecular weight is 288 g/mol. The van der Waals surface area contributed by atoms with Gasteiger partial charge in [-0.25, -0.2) is 0 Å². The normalized spacial score (nSPS) is 10.7. The first kappa shape index (κ1) is 14.3. The molecule has 1 heterocycles. The number of nitrogens with one attached hydrogen (secondary N) is 1. The van der Waals surface area contributed by atoms with Crippen molar-refractivity contribution in [2.75, 3.05) is 5.32 Å². The van der Waals surface area contributed by atoms with Crippen LogP contribution >= 0.6 is 0 Å². The third kappa shape index (κ3) is 3.24. The van der Waals surface area contributed by atoms with Crippen molar-refractivity contribution >= 4 is 23.4 Å². The molecule has 2 aromatic rings. The Balaban J connectivity index is 2.09. The molecule has 0 radical (unpaired) electrons. The van der Waals surface area contributed by atoms with Crippen LogP contribution in [0.3, 0.4) is 0 Å². The van der Waals surface area contributed by atoms with Crippen molar-refractivity contribution in [3.63, 3.8) is 0 Å². The first-order valence-electron chi connectivity index (χ1n) is 5.84. The van der Waals surface area contributed by atoms with Crippen LogP contribution < -0.4 is 10.4 Å².